The number of aryl methyl sites for hydroxylation is 1. The number of nitrogens with zero attached hydrogens (tertiary/aromatic N) is 9. The molecule has 2 fully saturated rings. The fourth-order valence-electron chi connectivity index (χ4n) is 7.09. The van der Waals surface area contributed by atoms with Crippen LogP contribution in [0.4, 0.5) is 19.0 Å². The third-order valence-corrected chi connectivity index (χ3v) is 9.07. The van der Waals surface area contributed by atoms with Crippen LogP contribution in [-0.2, 0) is 26.2 Å². The molecular weight excluding hydrogens is 585 g/mol. The number of fused-ring (bicyclic) bond motifs is 2. The Labute approximate surface area is 257 Å². The largest absolute Gasteiger partial charge is 0.496 e. The zero-order chi connectivity index (χ0) is 31.3. The van der Waals surface area contributed by atoms with E-state index < -0.39 is 12.7 Å². The van der Waals surface area contributed by atoms with Gasteiger partial charge in [0, 0.05) is 72.3 Å². The number of rotatable bonds is 9. The molecule has 11 nitrogen and oxygen atoms in total. The van der Waals surface area contributed by atoms with E-state index in [1.54, 1.807) is 14.0 Å². The third kappa shape index (κ3) is 5.74. The summed E-state index contributed by atoms with van der Waals surface area (Å²) < 4.78 is 48.2. The zero-order valence-corrected chi connectivity index (χ0v) is 25.3. The van der Waals surface area contributed by atoms with Crippen LogP contribution in [0.5, 0.6) is 5.75 Å². The molecule has 0 saturated carbocycles. The van der Waals surface area contributed by atoms with Gasteiger partial charge < -0.3 is 14.2 Å². The number of halogens is 3. The van der Waals surface area contributed by atoms with E-state index in [-0.39, 0.29) is 5.41 Å². The van der Waals surface area contributed by atoms with Gasteiger partial charge in [-0.15, -0.1) is 0 Å². The van der Waals surface area contributed by atoms with Gasteiger partial charge in [0.1, 0.15) is 23.9 Å². The number of aromatic amines is 1. The third-order valence-electron chi connectivity index (χ3n) is 9.07. The van der Waals surface area contributed by atoms with E-state index in [1.165, 1.54) is 6.20 Å². The first-order chi connectivity index (χ1) is 21.6. The number of benzene rings is 1. The lowest BCUT2D eigenvalue weighted by Gasteiger charge is -2.26. The van der Waals surface area contributed by atoms with Gasteiger partial charge in [0.05, 0.1) is 37.3 Å². The van der Waals surface area contributed by atoms with E-state index >= 15 is 0 Å². The number of aliphatic imine (C=N–C) groups is 1. The van der Waals surface area contributed by atoms with Gasteiger partial charge in [-0.2, -0.15) is 23.4 Å². The Balaban J connectivity index is 1.10. The van der Waals surface area contributed by atoms with Gasteiger partial charge >= 0.3 is 6.18 Å². The van der Waals surface area contributed by atoms with Gasteiger partial charge in [-0.3, -0.25) is 19.7 Å². The first-order valence-electron chi connectivity index (χ1n) is 15.0. The highest BCUT2D eigenvalue weighted by molar-refractivity contribution is 5.87. The van der Waals surface area contributed by atoms with Crippen LogP contribution in [0.3, 0.4) is 0 Å². The van der Waals surface area contributed by atoms with Crippen molar-refractivity contribution in [3.8, 4) is 5.75 Å². The van der Waals surface area contributed by atoms with Crippen molar-refractivity contribution in [2.24, 2.45) is 10.4 Å². The van der Waals surface area contributed by atoms with Gasteiger partial charge in [0.2, 0.25) is 0 Å². The lowest BCUT2D eigenvalue weighted by molar-refractivity contribution is -0.142. The molecule has 6 heterocycles. The van der Waals surface area contributed by atoms with Crippen LogP contribution >= 0.6 is 0 Å². The van der Waals surface area contributed by atoms with Crippen molar-refractivity contribution in [2.45, 2.75) is 52.1 Å². The van der Waals surface area contributed by atoms with E-state index in [1.807, 2.05) is 12.4 Å². The first-order valence-corrected chi connectivity index (χ1v) is 15.0. The van der Waals surface area contributed by atoms with Crippen LogP contribution in [-0.4, -0.2) is 85.6 Å². The summed E-state index contributed by atoms with van der Waals surface area (Å²) in [5, 5.41) is 12.8. The number of hydrogen-bond acceptors (Lipinski definition) is 8. The molecule has 14 heteroatoms. The standard InChI is InChI=1S/C31H35F3N10O/c1-20-38-28-25(16-43(40-28)19-31(32,33)34)29(39-20)42-7-5-30(18-42)4-6-41(17-30)15-23-8-22-9-24(13-35-2)44(14-21-11-36-37-12-21)26(22)10-27(23)45-3/h8-12,16H,2,4-7,13-15,17-19H2,1,3H3,(H,36,37). The summed E-state index contributed by atoms with van der Waals surface area (Å²) in [6, 6.07) is 6.51. The van der Waals surface area contributed by atoms with Gasteiger partial charge in [0.15, 0.2) is 5.65 Å². The maximum Gasteiger partial charge on any atom is 0.408 e. The topological polar surface area (TPSA) is 105 Å². The van der Waals surface area contributed by atoms with Crippen molar-refractivity contribution in [2.75, 3.05) is 38.2 Å². The number of anilines is 1. The van der Waals surface area contributed by atoms with Crippen molar-refractivity contribution in [1.82, 2.24) is 39.4 Å². The smallest absolute Gasteiger partial charge is 0.408 e. The Hall–Kier alpha value is -4.46. The normalized spacial score (nSPS) is 19.1. The summed E-state index contributed by atoms with van der Waals surface area (Å²) in [5.41, 5.74) is 4.71. The molecule has 2 saturated heterocycles. The molecule has 5 aromatic rings. The van der Waals surface area contributed by atoms with Crippen LogP contribution in [0.1, 0.15) is 35.5 Å². The maximum atomic E-state index is 13.1. The SMILES string of the molecule is C=NCc1cc2cc(CN3CCC4(CCN(c5nc(C)nc6nn(CC(F)(F)F)cc56)C4)C3)c(OC)cc2n1Cc1cn[nH]c1. The Morgan fingerprint density at radius 2 is 1.96 bits per heavy atom. The fourth-order valence-corrected chi connectivity index (χ4v) is 7.09. The molecule has 4 aromatic heterocycles. The molecule has 45 heavy (non-hydrogen) atoms. The average Bonchev–Trinajstić information content (AvgIpc) is 3.81. The second-order valence-corrected chi connectivity index (χ2v) is 12.3. The zero-order valence-electron chi connectivity index (χ0n) is 25.3. The summed E-state index contributed by atoms with van der Waals surface area (Å²) in [4.78, 5) is 17.8. The quantitative estimate of drug-likeness (QED) is 0.238. The molecule has 0 bridgehead atoms. The van der Waals surface area contributed by atoms with Crippen LogP contribution in [0.2, 0.25) is 0 Å². The van der Waals surface area contributed by atoms with E-state index in [4.69, 9.17) is 4.74 Å². The number of nitrogens with one attached hydrogen (secondary N) is 1. The molecule has 1 N–H and O–H groups in total. The number of aromatic nitrogens is 7. The lowest BCUT2D eigenvalue weighted by atomic mass is 9.86. The number of methoxy groups -OCH3 is 1. The van der Waals surface area contributed by atoms with Crippen molar-refractivity contribution >= 4 is 34.5 Å². The van der Waals surface area contributed by atoms with Crippen molar-refractivity contribution in [3.63, 3.8) is 0 Å². The summed E-state index contributed by atoms with van der Waals surface area (Å²) in [5.74, 6) is 2.01. The molecule has 1 spiro atoms. The average molecular weight is 621 g/mol. The van der Waals surface area contributed by atoms with Crippen molar-refractivity contribution in [1.29, 1.82) is 0 Å². The molecule has 2 aliphatic heterocycles. The van der Waals surface area contributed by atoms with Crippen LogP contribution < -0.4 is 9.64 Å². The molecule has 2 aliphatic rings. The first kappa shape index (κ1) is 29.3. The predicted octanol–water partition coefficient (Wildman–Crippen LogP) is 4.73. The second kappa shape index (κ2) is 11.2. The molecule has 1 aromatic carbocycles. The lowest BCUT2D eigenvalue weighted by Crippen LogP contribution is -2.31. The highest BCUT2D eigenvalue weighted by Crippen LogP contribution is 2.43. The Morgan fingerprint density at radius 3 is 2.71 bits per heavy atom. The minimum Gasteiger partial charge on any atom is -0.496 e. The van der Waals surface area contributed by atoms with Crippen molar-refractivity contribution < 1.29 is 17.9 Å². The molecule has 0 aliphatic carbocycles. The maximum absolute atomic E-state index is 13.1. The number of likely N-dealkylation sites (tertiary alicyclic amines) is 1. The fraction of sp³-hybridized carbons (Fsp3) is 0.452. The highest BCUT2D eigenvalue weighted by Gasteiger charge is 2.44. The summed E-state index contributed by atoms with van der Waals surface area (Å²) in [6.45, 7) is 9.66. The Kier molecular flexibility index (Phi) is 7.26. The van der Waals surface area contributed by atoms with Crippen molar-refractivity contribution in [3.05, 3.63) is 59.4 Å². The minimum atomic E-state index is -4.36. The highest BCUT2D eigenvalue weighted by atomic mass is 19.4. The molecule has 1 atom stereocenters. The second-order valence-electron chi connectivity index (χ2n) is 12.3. The van der Waals surface area contributed by atoms with Gasteiger partial charge in [0.25, 0.3) is 0 Å². The monoisotopic (exact) mass is 620 g/mol. The minimum absolute atomic E-state index is 0.0706. The molecular formula is C31H35F3N10O. The number of ether oxygens (including phenoxy) is 1. The van der Waals surface area contributed by atoms with Gasteiger partial charge in [-0.1, -0.05) is 0 Å². The van der Waals surface area contributed by atoms with E-state index in [0.29, 0.717) is 35.8 Å². The molecule has 1 unspecified atom stereocenters. The van der Waals surface area contributed by atoms with Crippen LogP contribution in [0.15, 0.2) is 41.8 Å². The van der Waals surface area contributed by atoms with Gasteiger partial charge in [-0.25, -0.2) is 9.97 Å². The van der Waals surface area contributed by atoms with E-state index in [0.717, 1.165) is 83.7 Å². The molecule has 7 rings (SSSR count). The summed E-state index contributed by atoms with van der Waals surface area (Å²) >= 11 is 0. The number of H-pyrrole nitrogens is 1. The van der Waals surface area contributed by atoms with E-state index in [9.17, 15) is 13.2 Å². The molecule has 236 valence electrons. The van der Waals surface area contributed by atoms with E-state index in [2.05, 4.69) is 69.5 Å². The van der Waals surface area contributed by atoms with Crippen LogP contribution in [0, 0.1) is 12.3 Å². The van der Waals surface area contributed by atoms with Crippen LogP contribution in [0.25, 0.3) is 21.9 Å². The predicted molar refractivity (Wildman–Crippen MR) is 165 cm³/mol. The Bertz CT molecular complexity index is 1860. The summed E-state index contributed by atoms with van der Waals surface area (Å²) in [6.07, 6.45) is 2.79. The number of alkyl halides is 3. The Morgan fingerprint density at radius 1 is 1.11 bits per heavy atom. The molecule has 0 amide bonds. The number of hydrogen-bond donors (Lipinski definition) is 1. The molecule has 0 radical (unpaired) electrons. The summed E-state index contributed by atoms with van der Waals surface area (Å²) in [7, 11) is 1.71. The van der Waals surface area contributed by atoms with Gasteiger partial charge in [-0.05, 0) is 45.2 Å².